The molecule has 0 unspecified atom stereocenters. The number of thiazole rings is 2. The van der Waals surface area contributed by atoms with Crippen LogP contribution in [0.2, 0.25) is 0 Å². The number of methoxy groups -OCH3 is 1. The van der Waals surface area contributed by atoms with Gasteiger partial charge in [-0.05, 0) is 85.7 Å². The van der Waals surface area contributed by atoms with Crippen molar-refractivity contribution in [2.45, 2.75) is 64.3 Å². The van der Waals surface area contributed by atoms with E-state index in [-0.39, 0.29) is 12.3 Å². The Hall–Kier alpha value is -5.25. The number of anilines is 2. The summed E-state index contributed by atoms with van der Waals surface area (Å²) >= 11 is 2.93. The minimum absolute atomic E-state index is 0.200. The lowest BCUT2D eigenvalue weighted by atomic mass is 9.94. The molecule has 0 atom stereocenters. The Balaban J connectivity index is 1.03. The second kappa shape index (κ2) is 17.8. The highest BCUT2D eigenvalue weighted by molar-refractivity contribution is 7.22. The number of nitrogens with zero attached hydrogens (tertiary/aromatic N) is 3. The van der Waals surface area contributed by atoms with Gasteiger partial charge in [0.05, 0.1) is 23.9 Å². The molecule has 0 bridgehead atoms. The number of esters is 1. The van der Waals surface area contributed by atoms with Crippen molar-refractivity contribution in [3.8, 4) is 17.6 Å². The average Bonchev–Trinajstić information content (AvgIpc) is 3.78. The molecule has 2 aromatic heterocycles. The lowest BCUT2D eigenvalue weighted by Gasteiger charge is -2.29. The van der Waals surface area contributed by atoms with E-state index in [1.165, 1.54) is 29.8 Å². The quantitative estimate of drug-likeness (QED) is 0.0621. The van der Waals surface area contributed by atoms with Crippen LogP contribution in [-0.2, 0) is 28.9 Å². The number of benzene rings is 3. The number of rotatable bonds is 15. The monoisotopic (exact) mass is 736 g/mol. The van der Waals surface area contributed by atoms with Crippen molar-refractivity contribution >= 4 is 61.0 Å². The number of aromatic nitrogens is 2. The highest BCUT2D eigenvalue weighted by atomic mass is 32.1. The highest BCUT2D eigenvalue weighted by Gasteiger charge is 2.27. The number of aliphatic carboxylic acids is 1. The van der Waals surface area contributed by atoms with Crippen LogP contribution in [0.25, 0.3) is 10.2 Å². The molecule has 10 nitrogen and oxygen atoms in total. The van der Waals surface area contributed by atoms with E-state index in [4.69, 9.17) is 19.6 Å². The summed E-state index contributed by atoms with van der Waals surface area (Å²) in [6, 6.07) is 21.3. The SMILES string of the molecule is COC(=O)c1nc(N2CCc3cccc(C(=O)Nc4nc5ccccc5s4)c3C2)sc1CCCOc1ccc(C#CCCCCCCC(=O)O)cc1. The van der Waals surface area contributed by atoms with Crippen LogP contribution < -0.4 is 15.0 Å². The second-order valence-corrected chi connectivity index (χ2v) is 14.5. The van der Waals surface area contributed by atoms with Crippen LogP contribution in [-0.4, -0.2) is 53.2 Å². The number of nitrogens with one attached hydrogen (secondary N) is 1. The second-order valence-electron chi connectivity index (χ2n) is 12.4. The molecule has 0 spiro atoms. The number of carboxylic acids is 1. The molecular formula is C40H40N4O6S2. The maximum atomic E-state index is 13.5. The Morgan fingerprint density at radius 3 is 2.58 bits per heavy atom. The van der Waals surface area contributed by atoms with Gasteiger partial charge in [0, 0.05) is 41.9 Å². The lowest BCUT2D eigenvalue weighted by Crippen LogP contribution is -2.32. The molecule has 0 aliphatic carbocycles. The fourth-order valence-corrected chi connectivity index (χ4v) is 7.99. The van der Waals surface area contributed by atoms with E-state index in [2.05, 4.69) is 33.1 Å². The molecule has 1 aliphatic heterocycles. The normalized spacial score (nSPS) is 12.1. The van der Waals surface area contributed by atoms with E-state index < -0.39 is 11.9 Å². The number of unbranched alkanes of at least 4 members (excludes halogenated alkanes) is 4. The maximum absolute atomic E-state index is 13.5. The number of fused-ring (bicyclic) bond motifs is 2. The summed E-state index contributed by atoms with van der Waals surface area (Å²) in [5.74, 6) is 5.70. The van der Waals surface area contributed by atoms with Crippen molar-refractivity contribution < 1.29 is 29.0 Å². The fraction of sp³-hybridized carbons (Fsp3) is 0.325. The van der Waals surface area contributed by atoms with E-state index in [9.17, 15) is 14.4 Å². The number of carbonyl (C=O) groups excluding carboxylic acids is 2. The summed E-state index contributed by atoms with van der Waals surface area (Å²) in [6.07, 6.45) is 6.62. The largest absolute Gasteiger partial charge is 0.494 e. The van der Waals surface area contributed by atoms with E-state index in [1.54, 1.807) is 0 Å². The average molecular weight is 737 g/mol. The van der Waals surface area contributed by atoms with Crippen LogP contribution in [0.4, 0.5) is 10.3 Å². The zero-order valence-electron chi connectivity index (χ0n) is 29.0. The van der Waals surface area contributed by atoms with Gasteiger partial charge < -0.3 is 19.5 Å². The van der Waals surface area contributed by atoms with Gasteiger partial charge in [-0.2, -0.15) is 0 Å². The number of hydrogen-bond acceptors (Lipinski definition) is 10. The third kappa shape index (κ3) is 9.54. The smallest absolute Gasteiger partial charge is 0.357 e. The third-order valence-electron chi connectivity index (χ3n) is 8.71. The molecule has 52 heavy (non-hydrogen) atoms. The highest BCUT2D eigenvalue weighted by Crippen LogP contribution is 2.33. The van der Waals surface area contributed by atoms with E-state index in [0.717, 1.165) is 74.8 Å². The first-order valence-electron chi connectivity index (χ1n) is 17.4. The molecule has 0 fully saturated rings. The number of carboxylic acid groups (broad SMARTS) is 1. The predicted octanol–water partition coefficient (Wildman–Crippen LogP) is 8.14. The zero-order chi connectivity index (χ0) is 36.3. The Morgan fingerprint density at radius 1 is 0.942 bits per heavy atom. The first-order chi connectivity index (χ1) is 25.4. The molecule has 2 N–H and O–H groups in total. The first-order valence-corrected chi connectivity index (χ1v) is 19.1. The van der Waals surface area contributed by atoms with Crippen LogP contribution in [0, 0.1) is 11.8 Å². The zero-order valence-corrected chi connectivity index (χ0v) is 30.6. The molecule has 3 aromatic carbocycles. The lowest BCUT2D eigenvalue weighted by molar-refractivity contribution is -0.137. The van der Waals surface area contributed by atoms with Crippen molar-refractivity contribution in [3.05, 3.63) is 99.6 Å². The molecule has 1 amide bonds. The fourth-order valence-electron chi connectivity index (χ4n) is 6.01. The third-order valence-corrected chi connectivity index (χ3v) is 10.8. The molecule has 1 aliphatic rings. The maximum Gasteiger partial charge on any atom is 0.357 e. The predicted molar refractivity (Wildman–Crippen MR) is 205 cm³/mol. The summed E-state index contributed by atoms with van der Waals surface area (Å²) in [5, 5.41) is 13.0. The standard InChI is InChI=1S/C40H40N4O6S2/c1-49-38(48)36-34(17-11-25-50-29-21-19-27(20-22-29)12-6-4-2-3-5-7-18-35(45)46)52-40(42-36)44-24-23-28-13-10-14-30(31(28)26-44)37(47)43-39-41-32-15-8-9-16-33(32)51-39/h8-10,13-16,19-22H,2-5,7,11,17-18,23-26H2,1H3,(H,45,46)(H,41,43,47). The van der Waals surface area contributed by atoms with Crippen LogP contribution in [0.5, 0.6) is 5.75 Å². The topological polar surface area (TPSA) is 131 Å². The van der Waals surface area contributed by atoms with Gasteiger partial charge in [-0.15, -0.1) is 11.3 Å². The van der Waals surface area contributed by atoms with Crippen molar-refractivity contribution in [1.82, 2.24) is 9.97 Å². The molecule has 3 heterocycles. The van der Waals surface area contributed by atoms with Crippen molar-refractivity contribution in [3.63, 3.8) is 0 Å². The van der Waals surface area contributed by atoms with Gasteiger partial charge in [-0.25, -0.2) is 14.8 Å². The Kier molecular flexibility index (Phi) is 12.5. The van der Waals surface area contributed by atoms with Gasteiger partial charge >= 0.3 is 11.9 Å². The number of aryl methyl sites for hydroxylation is 1. The minimum atomic E-state index is -0.740. The molecule has 12 heteroatoms. The minimum Gasteiger partial charge on any atom is -0.494 e. The van der Waals surface area contributed by atoms with Gasteiger partial charge in [0.15, 0.2) is 16.0 Å². The first kappa shape index (κ1) is 36.5. The number of para-hydroxylation sites is 1. The summed E-state index contributed by atoms with van der Waals surface area (Å²) in [7, 11) is 1.36. The van der Waals surface area contributed by atoms with Gasteiger partial charge in [0.25, 0.3) is 5.91 Å². The van der Waals surface area contributed by atoms with Crippen molar-refractivity contribution in [1.29, 1.82) is 0 Å². The summed E-state index contributed by atoms with van der Waals surface area (Å²) in [5.41, 5.74) is 4.75. The van der Waals surface area contributed by atoms with E-state index in [1.807, 2.05) is 60.7 Å². The van der Waals surface area contributed by atoms with Gasteiger partial charge in [-0.3, -0.25) is 14.9 Å². The van der Waals surface area contributed by atoms with Crippen LogP contribution in [0.3, 0.4) is 0 Å². The molecule has 6 rings (SSSR count). The number of ether oxygens (including phenoxy) is 2. The van der Waals surface area contributed by atoms with Crippen molar-refractivity contribution in [2.75, 3.05) is 30.5 Å². The summed E-state index contributed by atoms with van der Waals surface area (Å²) in [4.78, 5) is 49.1. The van der Waals surface area contributed by atoms with E-state index >= 15 is 0 Å². The van der Waals surface area contributed by atoms with Gasteiger partial charge in [0.1, 0.15) is 5.75 Å². The van der Waals surface area contributed by atoms with Gasteiger partial charge in [0.2, 0.25) is 0 Å². The summed E-state index contributed by atoms with van der Waals surface area (Å²) < 4.78 is 12.1. The Labute approximate surface area is 310 Å². The number of hydrogen-bond donors (Lipinski definition) is 2. The van der Waals surface area contributed by atoms with Crippen LogP contribution in [0.1, 0.15) is 87.4 Å². The molecule has 0 saturated carbocycles. The molecule has 0 radical (unpaired) electrons. The molecule has 0 saturated heterocycles. The van der Waals surface area contributed by atoms with Crippen molar-refractivity contribution in [2.24, 2.45) is 0 Å². The van der Waals surface area contributed by atoms with Crippen LogP contribution in [0.15, 0.2) is 66.7 Å². The Morgan fingerprint density at radius 2 is 1.77 bits per heavy atom. The van der Waals surface area contributed by atoms with Gasteiger partial charge in [-0.1, -0.05) is 60.3 Å². The molecular weight excluding hydrogens is 697 g/mol. The molecule has 268 valence electrons. The number of amides is 1. The van der Waals surface area contributed by atoms with E-state index in [0.29, 0.717) is 55.3 Å². The van der Waals surface area contributed by atoms with Crippen LogP contribution >= 0.6 is 22.7 Å². The number of carbonyl (C=O) groups is 3. The summed E-state index contributed by atoms with van der Waals surface area (Å²) in [6.45, 7) is 1.66. The Bertz CT molecular complexity index is 2060. The molecule has 5 aromatic rings.